The fraction of sp³-hybridized carbons (Fsp3) is 0.115. The standard InChI is InChI=1S/C26H18F4N2O3/c1-14-22(24(33)32-21-10-8-16(12-19(21)27)25(34)35-2)18-13-17(26(28,29)30)9-11-20(18)31-23(14)15-6-4-3-5-7-15/h3-13H,1-2H3,(H,32,33). The van der Waals surface area contributed by atoms with Crippen LogP contribution in [-0.4, -0.2) is 24.0 Å². The summed E-state index contributed by atoms with van der Waals surface area (Å²) in [5.74, 6) is -2.49. The molecule has 0 fully saturated rings. The predicted molar refractivity (Wildman–Crippen MR) is 123 cm³/mol. The molecule has 0 aliphatic rings. The third-order valence-corrected chi connectivity index (χ3v) is 5.47. The number of alkyl halides is 3. The van der Waals surface area contributed by atoms with E-state index in [1.54, 1.807) is 37.3 Å². The van der Waals surface area contributed by atoms with Gasteiger partial charge in [0.2, 0.25) is 0 Å². The molecule has 35 heavy (non-hydrogen) atoms. The molecule has 178 valence electrons. The van der Waals surface area contributed by atoms with Crippen LogP contribution in [0.1, 0.15) is 31.8 Å². The van der Waals surface area contributed by atoms with Gasteiger partial charge in [0, 0.05) is 10.9 Å². The van der Waals surface area contributed by atoms with Crippen LogP contribution in [0.2, 0.25) is 0 Å². The number of carbonyl (C=O) groups is 2. The Balaban J connectivity index is 1.87. The minimum Gasteiger partial charge on any atom is -0.465 e. The van der Waals surface area contributed by atoms with E-state index in [2.05, 4.69) is 15.0 Å². The number of ether oxygens (including phenoxy) is 1. The van der Waals surface area contributed by atoms with Crippen LogP contribution < -0.4 is 5.32 Å². The molecule has 0 spiro atoms. The summed E-state index contributed by atoms with van der Waals surface area (Å²) in [7, 11) is 1.15. The van der Waals surface area contributed by atoms with Crippen LogP contribution in [0.25, 0.3) is 22.2 Å². The summed E-state index contributed by atoms with van der Waals surface area (Å²) < 4.78 is 59.4. The van der Waals surface area contributed by atoms with Crippen molar-refractivity contribution in [1.29, 1.82) is 0 Å². The molecule has 1 amide bonds. The van der Waals surface area contributed by atoms with Crippen molar-refractivity contribution in [2.45, 2.75) is 13.1 Å². The second-order valence-electron chi connectivity index (χ2n) is 7.70. The van der Waals surface area contributed by atoms with Gasteiger partial charge in [-0.05, 0) is 48.9 Å². The molecule has 3 aromatic carbocycles. The van der Waals surface area contributed by atoms with Gasteiger partial charge in [-0.2, -0.15) is 13.2 Å². The van der Waals surface area contributed by atoms with Crippen LogP contribution in [0.5, 0.6) is 0 Å². The highest BCUT2D eigenvalue weighted by Crippen LogP contribution is 2.35. The third kappa shape index (κ3) is 4.70. The number of nitrogens with zero attached hydrogens (tertiary/aromatic N) is 1. The van der Waals surface area contributed by atoms with Crippen LogP contribution in [0.3, 0.4) is 0 Å². The number of esters is 1. The van der Waals surface area contributed by atoms with Gasteiger partial charge in [0.25, 0.3) is 5.91 Å². The number of amides is 1. The lowest BCUT2D eigenvalue weighted by Gasteiger charge is -2.16. The lowest BCUT2D eigenvalue weighted by atomic mass is 9.96. The number of rotatable bonds is 4. The average molecular weight is 482 g/mol. The zero-order valence-electron chi connectivity index (χ0n) is 18.5. The molecule has 4 aromatic rings. The number of aromatic nitrogens is 1. The summed E-state index contributed by atoms with van der Waals surface area (Å²) in [6, 6.07) is 15.2. The Labute approximate surface area is 197 Å². The van der Waals surface area contributed by atoms with E-state index < -0.39 is 29.4 Å². The molecule has 5 nitrogen and oxygen atoms in total. The number of halogens is 4. The number of carbonyl (C=O) groups excluding carboxylic acids is 2. The highest BCUT2D eigenvalue weighted by atomic mass is 19.4. The van der Waals surface area contributed by atoms with Gasteiger partial charge in [-0.15, -0.1) is 0 Å². The molecule has 0 saturated carbocycles. The predicted octanol–water partition coefficient (Wildman–Crippen LogP) is 6.41. The molecule has 0 aliphatic carbocycles. The summed E-state index contributed by atoms with van der Waals surface area (Å²) in [6.07, 6.45) is -4.64. The van der Waals surface area contributed by atoms with Crippen LogP contribution >= 0.6 is 0 Å². The minimum atomic E-state index is -4.64. The van der Waals surface area contributed by atoms with Gasteiger partial charge in [-0.3, -0.25) is 4.79 Å². The molecule has 0 unspecified atom stereocenters. The Kier molecular flexibility index (Phi) is 6.26. The lowest BCUT2D eigenvalue weighted by Crippen LogP contribution is -2.17. The first-order valence-electron chi connectivity index (χ1n) is 10.4. The number of pyridine rings is 1. The fourth-order valence-electron chi connectivity index (χ4n) is 3.75. The van der Waals surface area contributed by atoms with Gasteiger partial charge in [0.05, 0.1) is 40.7 Å². The first-order valence-corrected chi connectivity index (χ1v) is 10.4. The van der Waals surface area contributed by atoms with Gasteiger partial charge in [0.1, 0.15) is 5.82 Å². The maximum absolute atomic E-state index is 14.6. The molecular weight excluding hydrogens is 464 g/mol. The third-order valence-electron chi connectivity index (χ3n) is 5.47. The Morgan fingerprint density at radius 1 is 0.971 bits per heavy atom. The summed E-state index contributed by atoms with van der Waals surface area (Å²) in [5, 5.41) is 2.38. The number of benzene rings is 3. The van der Waals surface area contributed by atoms with E-state index in [9.17, 15) is 27.2 Å². The van der Waals surface area contributed by atoms with Gasteiger partial charge >= 0.3 is 12.1 Å². The monoisotopic (exact) mass is 482 g/mol. The number of hydrogen-bond acceptors (Lipinski definition) is 4. The SMILES string of the molecule is COC(=O)c1ccc(NC(=O)c2c(C)c(-c3ccccc3)nc3ccc(C(F)(F)F)cc23)c(F)c1. The second kappa shape index (κ2) is 9.17. The van der Waals surface area contributed by atoms with E-state index in [1.165, 1.54) is 18.2 Å². The normalized spacial score (nSPS) is 11.4. The summed E-state index contributed by atoms with van der Waals surface area (Å²) in [6.45, 7) is 1.57. The molecule has 0 radical (unpaired) electrons. The molecule has 9 heteroatoms. The number of anilines is 1. The zero-order valence-corrected chi connectivity index (χ0v) is 18.5. The maximum atomic E-state index is 14.6. The van der Waals surface area contributed by atoms with Crippen LogP contribution in [-0.2, 0) is 10.9 Å². The van der Waals surface area contributed by atoms with E-state index in [-0.39, 0.29) is 27.7 Å². The van der Waals surface area contributed by atoms with Gasteiger partial charge in [-0.25, -0.2) is 14.2 Å². The molecule has 4 rings (SSSR count). The summed E-state index contributed by atoms with van der Waals surface area (Å²) in [5.41, 5.74) is 0.243. The molecule has 1 aromatic heterocycles. The number of fused-ring (bicyclic) bond motifs is 1. The first kappa shape index (κ1) is 23.9. The summed E-state index contributed by atoms with van der Waals surface area (Å²) in [4.78, 5) is 29.5. The van der Waals surface area contributed by atoms with Crippen LogP contribution in [0.4, 0.5) is 23.2 Å². The number of methoxy groups -OCH3 is 1. The first-order chi connectivity index (χ1) is 16.6. The van der Waals surface area contributed by atoms with Crippen molar-refractivity contribution in [1.82, 2.24) is 4.98 Å². The Morgan fingerprint density at radius 3 is 2.31 bits per heavy atom. The molecule has 0 aliphatic heterocycles. The average Bonchev–Trinajstić information content (AvgIpc) is 2.83. The fourth-order valence-corrected chi connectivity index (χ4v) is 3.75. The van der Waals surface area contributed by atoms with Gasteiger partial charge in [-0.1, -0.05) is 30.3 Å². The van der Waals surface area contributed by atoms with Crippen molar-refractivity contribution >= 4 is 28.5 Å². The second-order valence-corrected chi connectivity index (χ2v) is 7.70. The molecule has 1 N–H and O–H groups in total. The number of nitrogens with one attached hydrogen (secondary N) is 1. The Hall–Kier alpha value is -4.27. The van der Waals surface area contributed by atoms with E-state index in [1.807, 2.05) is 0 Å². The lowest BCUT2D eigenvalue weighted by molar-refractivity contribution is -0.137. The van der Waals surface area contributed by atoms with E-state index in [0.29, 0.717) is 16.8 Å². The van der Waals surface area contributed by atoms with Crippen molar-refractivity contribution in [3.8, 4) is 11.3 Å². The Bertz CT molecular complexity index is 1450. The van der Waals surface area contributed by atoms with E-state index >= 15 is 0 Å². The van der Waals surface area contributed by atoms with E-state index in [4.69, 9.17) is 0 Å². The van der Waals surface area contributed by atoms with Crippen molar-refractivity contribution in [2.24, 2.45) is 0 Å². The molecular formula is C26H18F4N2O3. The summed E-state index contributed by atoms with van der Waals surface area (Å²) >= 11 is 0. The number of hydrogen-bond donors (Lipinski definition) is 1. The highest BCUT2D eigenvalue weighted by Gasteiger charge is 2.31. The molecule has 1 heterocycles. The molecule has 0 atom stereocenters. The van der Waals surface area contributed by atoms with E-state index in [0.717, 1.165) is 25.3 Å². The molecule has 0 bridgehead atoms. The Morgan fingerprint density at radius 2 is 1.69 bits per heavy atom. The van der Waals surface area contributed by atoms with Crippen molar-refractivity contribution in [3.05, 3.63) is 94.8 Å². The van der Waals surface area contributed by atoms with Crippen molar-refractivity contribution in [2.75, 3.05) is 12.4 Å². The van der Waals surface area contributed by atoms with Crippen molar-refractivity contribution < 1.29 is 31.9 Å². The highest BCUT2D eigenvalue weighted by molar-refractivity contribution is 6.14. The molecule has 0 saturated heterocycles. The largest absolute Gasteiger partial charge is 0.465 e. The smallest absolute Gasteiger partial charge is 0.416 e. The quantitative estimate of drug-likeness (QED) is 0.270. The van der Waals surface area contributed by atoms with Gasteiger partial charge < -0.3 is 10.1 Å². The topological polar surface area (TPSA) is 68.3 Å². The minimum absolute atomic E-state index is 0.0268. The van der Waals surface area contributed by atoms with Crippen LogP contribution in [0.15, 0.2) is 66.7 Å². The zero-order chi connectivity index (χ0) is 25.3. The van der Waals surface area contributed by atoms with Gasteiger partial charge in [0.15, 0.2) is 0 Å². The van der Waals surface area contributed by atoms with Crippen LogP contribution in [0, 0.1) is 12.7 Å². The maximum Gasteiger partial charge on any atom is 0.416 e. The van der Waals surface area contributed by atoms with Crippen molar-refractivity contribution in [3.63, 3.8) is 0 Å².